The first-order valence-electron chi connectivity index (χ1n) is 12.1. The average Bonchev–Trinajstić information content (AvgIpc) is 3.25. The van der Waals surface area contributed by atoms with E-state index in [1.165, 1.54) is 19.2 Å². The molecule has 9 heteroatoms. The number of hydrogen-bond acceptors (Lipinski definition) is 7. The smallest absolute Gasteiger partial charge is 0.337 e. The van der Waals surface area contributed by atoms with Gasteiger partial charge in [0.15, 0.2) is 0 Å². The van der Waals surface area contributed by atoms with E-state index in [1.807, 2.05) is 50.2 Å². The number of hydrogen-bond donors (Lipinski definition) is 1. The highest BCUT2D eigenvalue weighted by Crippen LogP contribution is 2.42. The molecule has 1 atom stereocenters. The number of esters is 1. The Hall–Kier alpha value is -4.21. The zero-order chi connectivity index (χ0) is 27.9. The van der Waals surface area contributed by atoms with Crippen molar-refractivity contribution < 1.29 is 17.9 Å². The van der Waals surface area contributed by atoms with Gasteiger partial charge in [0.25, 0.3) is 5.56 Å². The SMILES string of the molecule is COC(=O)C1=c2sc(=Cc3ccc(C)cc3)c(=O)n2C(N)=C(S(=O)(=O)c2ccccc2)[C@@H]1c1ccc(C)cc1. The Bertz CT molecular complexity index is 1900. The average molecular weight is 559 g/mol. The molecule has 0 aliphatic carbocycles. The van der Waals surface area contributed by atoms with Crippen LogP contribution in [0.5, 0.6) is 0 Å². The maximum absolute atomic E-state index is 14.1. The fraction of sp³-hybridized carbons (Fsp3) is 0.133. The standard InChI is InChI=1S/C30H26N2O5S2/c1-18-9-13-20(14-10-18)17-23-28(33)32-27(31)26(39(35,36)22-7-5-4-6-8-22)24(21-15-11-19(2)12-16-21)25(29(32)38-23)30(34)37-3/h4-17,24H,31H2,1-3H3/t24-/m1/s1. The van der Waals surface area contributed by atoms with E-state index >= 15 is 0 Å². The van der Waals surface area contributed by atoms with Gasteiger partial charge in [0.05, 0.1) is 28.0 Å². The number of aryl methyl sites for hydroxylation is 2. The number of methoxy groups -OCH3 is 1. The van der Waals surface area contributed by atoms with Crippen LogP contribution in [0.2, 0.25) is 0 Å². The molecule has 7 nitrogen and oxygen atoms in total. The molecule has 2 heterocycles. The quantitative estimate of drug-likeness (QED) is 0.377. The summed E-state index contributed by atoms with van der Waals surface area (Å²) in [4.78, 5) is 26.9. The van der Waals surface area contributed by atoms with Gasteiger partial charge in [-0.25, -0.2) is 13.2 Å². The van der Waals surface area contributed by atoms with E-state index in [1.54, 1.807) is 36.4 Å². The van der Waals surface area contributed by atoms with Gasteiger partial charge in [-0.05, 0) is 43.2 Å². The Labute approximate surface area is 229 Å². The van der Waals surface area contributed by atoms with Gasteiger partial charge in [0, 0.05) is 0 Å². The molecule has 0 spiro atoms. The highest BCUT2D eigenvalue weighted by molar-refractivity contribution is 7.95. The topological polar surface area (TPSA) is 108 Å². The molecule has 1 aliphatic heterocycles. The highest BCUT2D eigenvalue weighted by Gasteiger charge is 2.42. The maximum atomic E-state index is 14.1. The highest BCUT2D eigenvalue weighted by atomic mass is 32.2. The molecule has 3 aromatic carbocycles. The number of thiazole rings is 1. The molecule has 5 rings (SSSR count). The number of carbonyl (C=O) groups is 1. The largest absolute Gasteiger partial charge is 0.466 e. The minimum atomic E-state index is -4.25. The molecule has 0 bridgehead atoms. The summed E-state index contributed by atoms with van der Waals surface area (Å²) in [5.74, 6) is -2.07. The Balaban J connectivity index is 1.92. The lowest BCUT2D eigenvalue weighted by Gasteiger charge is -2.28. The molecule has 0 fully saturated rings. The van der Waals surface area contributed by atoms with Crippen molar-refractivity contribution >= 4 is 44.6 Å². The van der Waals surface area contributed by atoms with Crippen LogP contribution in [-0.4, -0.2) is 26.1 Å². The minimum absolute atomic E-state index is 0.00227. The molecular weight excluding hydrogens is 532 g/mol. The van der Waals surface area contributed by atoms with Crippen molar-refractivity contribution in [2.75, 3.05) is 7.11 Å². The van der Waals surface area contributed by atoms with Crippen molar-refractivity contribution in [2.24, 2.45) is 5.73 Å². The van der Waals surface area contributed by atoms with Gasteiger partial charge >= 0.3 is 5.97 Å². The second-order valence-electron chi connectivity index (χ2n) is 9.28. The van der Waals surface area contributed by atoms with Gasteiger partial charge in [-0.15, -0.1) is 11.3 Å². The number of fused-ring (bicyclic) bond motifs is 1. The van der Waals surface area contributed by atoms with E-state index in [4.69, 9.17) is 10.5 Å². The van der Waals surface area contributed by atoms with Crippen LogP contribution in [0.1, 0.15) is 28.2 Å². The van der Waals surface area contributed by atoms with E-state index in [9.17, 15) is 18.0 Å². The van der Waals surface area contributed by atoms with Crippen molar-refractivity contribution in [1.82, 2.24) is 4.57 Å². The number of benzene rings is 3. The lowest BCUT2D eigenvalue weighted by atomic mass is 9.89. The minimum Gasteiger partial charge on any atom is -0.466 e. The molecule has 1 aromatic heterocycles. The van der Waals surface area contributed by atoms with E-state index in [2.05, 4.69) is 0 Å². The first kappa shape index (κ1) is 26.4. The zero-order valence-electron chi connectivity index (χ0n) is 21.5. The summed E-state index contributed by atoms with van der Waals surface area (Å²) in [7, 11) is -3.02. The second-order valence-corrected chi connectivity index (χ2v) is 12.2. The monoisotopic (exact) mass is 558 g/mol. The van der Waals surface area contributed by atoms with Crippen LogP contribution in [-0.2, 0) is 19.4 Å². The van der Waals surface area contributed by atoms with Crippen LogP contribution >= 0.6 is 11.3 Å². The zero-order valence-corrected chi connectivity index (χ0v) is 23.2. The molecule has 39 heavy (non-hydrogen) atoms. The van der Waals surface area contributed by atoms with Crippen LogP contribution in [0.3, 0.4) is 0 Å². The molecule has 0 unspecified atom stereocenters. The second kappa shape index (κ2) is 10.2. The number of sulfone groups is 1. The van der Waals surface area contributed by atoms with E-state index in [0.29, 0.717) is 10.1 Å². The third kappa shape index (κ3) is 4.64. The number of rotatable bonds is 5. The van der Waals surface area contributed by atoms with Crippen LogP contribution in [0.4, 0.5) is 0 Å². The molecular formula is C30H26N2O5S2. The fourth-order valence-electron chi connectivity index (χ4n) is 4.62. The number of aromatic nitrogens is 1. The summed E-state index contributed by atoms with van der Waals surface area (Å²) < 4.78 is 35.1. The summed E-state index contributed by atoms with van der Waals surface area (Å²) in [6, 6.07) is 22.6. The Morgan fingerprint density at radius 1 is 0.949 bits per heavy atom. The molecule has 4 aromatic rings. The van der Waals surface area contributed by atoms with E-state index < -0.39 is 27.3 Å². The lowest BCUT2D eigenvalue weighted by Crippen LogP contribution is -2.41. The summed E-state index contributed by atoms with van der Waals surface area (Å²) in [5, 5.41) is 0. The maximum Gasteiger partial charge on any atom is 0.337 e. The van der Waals surface area contributed by atoms with Gasteiger partial charge in [-0.2, -0.15) is 0 Å². The first-order valence-corrected chi connectivity index (χ1v) is 14.4. The number of nitrogens with zero attached hydrogens (tertiary/aromatic N) is 1. The number of nitrogens with two attached hydrogens (primary N) is 1. The Kier molecular flexibility index (Phi) is 6.88. The number of carbonyl (C=O) groups excluding carboxylic acids is 1. The van der Waals surface area contributed by atoms with Crippen molar-refractivity contribution in [1.29, 1.82) is 0 Å². The van der Waals surface area contributed by atoms with Gasteiger partial charge in [0.1, 0.15) is 15.4 Å². The first-order chi connectivity index (χ1) is 18.6. The Morgan fingerprint density at radius 3 is 2.13 bits per heavy atom. The van der Waals surface area contributed by atoms with Crippen molar-refractivity contribution in [3.05, 3.63) is 126 Å². The molecule has 1 aliphatic rings. The predicted molar refractivity (Wildman–Crippen MR) is 153 cm³/mol. The molecule has 198 valence electrons. The third-order valence-corrected chi connectivity index (χ3v) is 9.66. The van der Waals surface area contributed by atoms with Gasteiger partial charge in [-0.1, -0.05) is 77.9 Å². The van der Waals surface area contributed by atoms with E-state index in [0.717, 1.165) is 32.6 Å². The number of ether oxygens (including phenoxy) is 1. The molecule has 0 amide bonds. The third-order valence-electron chi connectivity index (χ3n) is 6.63. The van der Waals surface area contributed by atoms with Crippen molar-refractivity contribution in [2.45, 2.75) is 24.7 Å². The van der Waals surface area contributed by atoms with Crippen molar-refractivity contribution in [3.63, 3.8) is 0 Å². The van der Waals surface area contributed by atoms with Gasteiger partial charge in [0.2, 0.25) is 9.84 Å². The number of allylic oxidation sites excluding steroid dienone is 1. The van der Waals surface area contributed by atoms with Crippen LogP contribution in [0, 0.1) is 13.8 Å². The molecule has 2 N–H and O–H groups in total. The molecule has 0 saturated carbocycles. The molecule has 0 saturated heterocycles. The van der Waals surface area contributed by atoms with Crippen LogP contribution in [0.25, 0.3) is 17.5 Å². The predicted octanol–water partition coefficient (Wildman–Crippen LogP) is 3.04. The normalized spacial score (nSPS) is 15.8. The molecule has 0 radical (unpaired) electrons. The Morgan fingerprint density at radius 2 is 1.54 bits per heavy atom. The summed E-state index contributed by atoms with van der Waals surface area (Å²) in [6.45, 7) is 3.87. The van der Waals surface area contributed by atoms with Crippen LogP contribution < -0.4 is 20.5 Å². The summed E-state index contributed by atoms with van der Waals surface area (Å²) in [6.07, 6.45) is 1.70. The van der Waals surface area contributed by atoms with Gasteiger partial charge < -0.3 is 10.5 Å². The van der Waals surface area contributed by atoms with E-state index in [-0.39, 0.29) is 25.9 Å². The summed E-state index contributed by atoms with van der Waals surface area (Å²) >= 11 is 1.07. The fourth-order valence-corrected chi connectivity index (χ4v) is 7.49. The van der Waals surface area contributed by atoms with Crippen molar-refractivity contribution in [3.8, 4) is 0 Å². The van der Waals surface area contributed by atoms with Crippen LogP contribution in [0.15, 0.2) is 93.5 Å². The lowest BCUT2D eigenvalue weighted by molar-refractivity contribution is -0.134. The summed E-state index contributed by atoms with van der Waals surface area (Å²) in [5.41, 5.74) is 9.46. The van der Waals surface area contributed by atoms with Gasteiger partial charge in [-0.3, -0.25) is 9.36 Å².